The minimum absolute atomic E-state index is 0.601. The Balaban J connectivity index is 1.87. The molecule has 2 aromatic carbocycles. The van der Waals surface area contributed by atoms with Gasteiger partial charge >= 0.3 is 0 Å². The summed E-state index contributed by atoms with van der Waals surface area (Å²) in [4.78, 5) is 0. The van der Waals surface area contributed by atoms with E-state index < -0.39 is 0 Å². The first-order chi connectivity index (χ1) is 16.0. The molecule has 0 unspecified atom stereocenters. The van der Waals surface area contributed by atoms with Crippen molar-refractivity contribution < 1.29 is 14.2 Å². The van der Waals surface area contributed by atoms with Gasteiger partial charge in [-0.3, -0.25) is 0 Å². The van der Waals surface area contributed by atoms with E-state index in [1.807, 2.05) is 63.2 Å². The molecule has 0 aliphatic heterocycles. The third-order valence-electron chi connectivity index (χ3n) is 5.65. The summed E-state index contributed by atoms with van der Waals surface area (Å²) in [6.07, 6.45) is 0. The lowest BCUT2D eigenvalue weighted by molar-refractivity contribution is 0.336. The van der Waals surface area contributed by atoms with Gasteiger partial charge in [0.25, 0.3) is 0 Å². The van der Waals surface area contributed by atoms with Gasteiger partial charge in [-0.05, 0) is 58.9 Å². The van der Waals surface area contributed by atoms with Crippen molar-refractivity contribution in [2.45, 2.75) is 34.6 Å². The van der Waals surface area contributed by atoms with Crippen LogP contribution < -0.4 is 19.5 Å². The summed E-state index contributed by atoms with van der Waals surface area (Å²) in [5.74, 6) is 3.03. The number of ether oxygens (including phenoxy) is 3. The van der Waals surface area contributed by atoms with Crippen LogP contribution in [0.4, 0.5) is 11.5 Å². The van der Waals surface area contributed by atoms with Gasteiger partial charge in [-0.25, -0.2) is 0 Å². The Morgan fingerprint density at radius 3 is 2.24 bits per heavy atom. The maximum absolute atomic E-state index is 5.72. The van der Waals surface area contributed by atoms with Crippen molar-refractivity contribution in [1.29, 1.82) is 0 Å². The van der Waals surface area contributed by atoms with Crippen LogP contribution in [-0.4, -0.2) is 35.1 Å². The summed E-state index contributed by atoms with van der Waals surface area (Å²) in [6.45, 7) is 11.3. The van der Waals surface area contributed by atoms with E-state index in [0.29, 0.717) is 19.0 Å². The Morgan fingerprint density at radius 1 is 0.848 bits per heavy atom. The smallest absolute Gasteiger partial charge is 0.162 e. The van der Waals surface area contributed by atoms with Crippen LogP contribution in [0, 0.1) is 20.8 Å². The molecule has 2 heterocycles. The topological polar surface area (TPSA) is 70.4 Å². The van der Waals surface area contributed by atoms with Crippen LogP contribution >= 0.6 is 0 Å². The fraction of sp³-hybridized carbons (Fsp3) is 0.308. The summed E-state index contributed by atoms with van der Waals surface area (Å²) in [5, 5.41) is 14.5. The number of fused-ring (bicyclic) bond motifs is 1. The highest BCUT2D eigenvalue weighted by Gasteiger charge is 2.21. The lowest BCUT2D eigenvalue weighted by Gasteiger charge is -2.15. The number of methoxy groups -OCH3 is 1. The van der Waals surface area contributed by atoms with Crippen LogP contribution in [0.1, 0.15) is 30.9 Å². The van der Waals surface area contributed by atoms with Crippen molar-refractivity contribution in [1.82, 2.24) is 14.8 Å². The second kappa shape index (κ2) is 9.40. The zero-order valence-corrected chi connectivity index (χ0v) is 20.0. The molecule has 7 nitrogen and oxygen atoms in total. The molecule has 4 aromatic rings. The van der Waals surface area contributed by atoms with Crippen molar-refractivity contribution in [3.63, 3.8) is 0 Å². The average molecular weight is 447 g/mol. The fourth-order valence-corrected chi connectivity index (χ4v) is 4.31. The number of hydrogen-bond acceptors (Lipinski definition) is 6. The van der Waals surface area contributed by atoms with Gasteiger partial charge in [-0.15, -0.1) is 5.10 Å². The highest BCUT2D eigenvalue weighted by molar-refractivity contribution is 5.99. The van der Waals surface area contributed by atoms with Crippen LogP contribution in [0.3, 0.4) is 0 Å². The van der Waals surface area contributed by atoms with Crippen LogP contribution in [-0.2, 0) is 0 Å². The van der Waals surface area contributed by atoms with E-state index in [9.17, 15) is 0 Å². The number of hydrogen-bond donors (Lipinski definition) is 1. The Hall–Kier alpha value is -3.74. The van der Waals surface area contributed by atoms with E-state index in [4.69, 9.17) is 14.2 Å². The first kappa shape index (κ1) is 22.5. The second-order valence-corrected chi connectivity index (χ2v) is 7.74. The number of nitrogens with one attached hydrogen (secondary N) is 1. The predicted octanol–water partition coefficient (Wildman–Crippen LogP) is 5.90. The molecule has 0 bridgehead atoms. The molecule has 0 radical (unpaired) electrons. The maximum atomic E-state index is 5.72. The molecule has 0 saturated heterocycles. The highest BCUT2D eigenvalue weighted by Crippen LogP contribution is 2.38. The lowest BCUT2D eigenvalue weighted by atomic mass is 10.1. The Kier molecular flexibility index (Phi) is 6.40. The van der Waals surface area contributed by atoms with Crippen molar-refractivity contribution in [2.24, 2.45) is 0 Å². The largest absolute Gasteiger partial charge is 0.494 e. The summed E-state index contributed by atoms with van der Waals surface area (Å²) >= 11 is 0. The van der Waals surface area contributed by atoms with Crippen molar-refractivity contribution in [2.75, 3.05) is 25.6 Å². The van der Waals surface area contributed by atoms with E-state index in [-0.39, 0.29) is 0 Å². The van der Waals surface area contributed by atoms with Gasteiger partial charge in [0.2, 0.25) is 0 Å². The first-order valence-corrected chi connectivity index (χ1v) is 11.1. The molecule has 0 spiro atoms. The molecule has 7 heteroatoms. The van der Waals surface area contributed by atoms with Crippen molar-refractivity contribution in [3.05, 3.63) is 59.5 Å². The first-order valence-electron chi connectivity index (χ1n) is 11.1. The van der Waals surface area contributed by atoms with E-state index in [1.54, 1.807) is 7.11 Å². The van der Waals surface area contributed by atoms with Crippen LogP contribution in [0.5, 0.6) is 17.2 Å². The molecule has 33 heavy (non-hydrogen) atoms. The number of aromatic nitrogens is 3. The standard InChI is InChI=1S/C26H30N4O3/c1-7-32-20-11-9-10-19(14-20)27-26-25-18(5)30(17(4)24(25)16(3)28-29-26)22-13-12-21(33-8-2)15-23(22)31-6/h9-15H,7-8H2,1-6H3,(H,27,29). The molecule has 0 aliphatic rings. The number of rotatable bonds is 8. The molecule has 1 N–H and O–H groups in total. The monoisotopic (exact) mass is 446 g/mol. The van der Waals surface area contributed by atoms with Crippen molar-refractivity contribution >= 4 is 22.3 Å². The van der Waals surface area contributed by atoms with Gasteiger partial charge in [-0.1, -0.05) is 6.07 Å². The molecule has 172 valence electrons. The van der Waals surface area contributed by atoms with E-state index in [0.717, 1.165) is 56.5 Å². The average Bonchev–Trinajstić information content (AvgIpc) is 3.07. The van der Waals surface area contributed by atoms with Gasteiger partial charge < -0.3 is 24.1 Å². The molecular formula is C26H30N4O3. The molecule has 2 aromatic heterocycles. The summed E-state index contributed by atoms with van der Waals surface area (Å²) in [7, 11) is 1.68. The minimum atomic E-state index is 0.601. The fourth-order valence-electron chi connectivity index (χ4n) is 4.31. The quantitative estimate of drug-likeness (QED) is 0.364. The number of benzene rings is 2. The van der Waals surface area contributed by atoms with E-state index in [1.165, 1.54) is 0 Å². The van der Waals surface area contributed by atoms with E-state index in [2.05, 4.69) is 33.9 Å². The molecule has 0 aliphatic carbocycles. The van der Waals surface area contributed by atoms with Crippen LogP contribution in [0.25, 0.3) is 16.5 Å². The third-order valence-corrected chi connectivity index (χ3v) is 5.65. The molecule has 4 rings (SSSR count). The molecule has 0 fully saturated rings. The third kappa shape index (κ3) is 4.18. The zero-order chi connectivity index (χ0) is 23.5. The van der Waals surface area contributed by atoms with Crippen LogP contribution in [0.2, 0.25) is 0 Å². The Morgan fingerprint density at radius 2 is 1.55 bits per heavy atom. The summed E-state index contributed by atoms with van der Waals surface area (Å²) in [6, 6.07) is 13.8. The number of anilines is 2. The van der Waals surface area contributed by atoms with Gasteiger partial charge in [0.05, 0.1) is 31.7 Å². The van der Waals surface area contributed by atoms with Crippen molar-refractivity contribution in [3.8, 4) is 22.9 Å². The minimum Gasteiger partial charge on any atom is -0.494 e. The van der Waals surface area contributed by atoms with E-state index >= 15 is 0 Å². The second-order valence-electron chi connectivity index (χ2n) is 7.74. The van der Waals surface area contributed by atoms with Gasteiger partial charge in [-0.2, -0.15) is 5.10 Å². The zero-order valence-electron chi connectivity index (χ0n) is 20.0. The molecule has 0 amide bonds. The Bertz CT molecular complexity index is 1300. The maximum Gasteiger partial charge on any atom is 0.162 e. The van der Waals surface area contributed by atoms with Gasteiger partial charge in [0.1, 0.15) is 17.2 Å². The lowest BCUT2D eigenvalue weighted by Crippen LogP contribution is -2.03. The molecular weight excluding hydrogens is 416 g/mol. The molecule has 0 saturated carbocycles. The Labute approximate surface area is 194 Å². The van der Waals surface area contributed by atoms with Crippen LogP contribution in [0.15, 0.2) is 42.5 Å². The SMILES string of the molecule is CCOc1cccc(Nc2nnc(C)c3c(C)n(-c4ccc(OCC)cc4OC)c(C)c23)c1. The van der Waals surface area contributed by atoms with Gasteiger partial charge in [0, 0.05) is 40.0 Å². The summed E-state index contributed by atoms with van der Waals surface area (Å²) < 4.78 is 19.2. The molecule has 0 atom stereocenters. The number of nitrogens with zero attached hydrogens (tertiary/aromatic N) is 3. The predicted molar refractivity (Wildman–Crippen MR) is 132 cm³/mol. The van der Waals surface area contributed by atoms with Gasteiger partial charge in [0.15, 0.2) is 5.82 Å². The number of aryl methyl sites for hydroxylation is 3. The normalized spacial score (nSPS) is 11.0. The summed E-state index contributed by atoms with van der Waals surface area (Å²) in [5.41, 5.74) is 4.83. The highest BCUT2D eigenvalue weighted by atomic mass is 16.5.